The summed E-state index contributed by atoms with van der Waals surface area (Å²) in [7, 11) is 0. The Hall–Kier alpha value is -2.77. The number of ketones is 1. The van der Waals surface area contributed by atoms with E-state index in [-0.39, 0.29) is 5.78 Å². The Balaban J connectivity index is 1.45. The van der Waals surface area contributed by atoms with Crippen molar-refractivity contribution in [1.82, 2.24) is 19.7 Å². The van der Waals surface area contributed by atoms with Crippen LogP contribution < -0.4 is 0 Å². The number of fused-ring (bicyclic) bond motifs is 1. The third-order valence-electron chi connectivity index (χ3n) is 4.72. The lowest BCUT2D eigenvalue weighted by Gasteiger charge is -2.07. The first-order chi connectivity index (χ1) is 14.7. The fraction of sp³-hybridized carbons (Fsp3) is 0.174. The van der Waals surface area contributed by atoms with Crippen LogP contribution in [0.25, 0.3) is 10.9 Å². The van der Waals surface area contributed by atoms with Crippen LogP contribution in [0, 0.1) is 6.92 Å². The molecule has 0 saturated carbocycles. The van der Waals surface area contributed by atoms with E-state index in [9.17, 15) is 4.79 Å². The summed E-state index contributed by atoms with van der Waals surface area (Å²) in [6.45, 7) is 6.54. The number of hydrogen-bond acceptors (Lipinski definition) is 5. The van der Waals surface area contributed by atoms with E-state index in [0.29, 0.717) is 23.6 Å². The molecular weight excluding hydrogens is 412 g/mol. The number of nitrogens with zero attached hydrogens (tertiary/aromatic N) is 3. The van der Waals surface area contributed by atoms with Crippen molar-refractivity contribution in [1.29, 1.82) is 0 Å². The molecule has 0 radical (unpaired) electrons. The Labute approximate surface area is 184 Å². The number of Topliss-reactive ketones (excluding diaryl/α,β-unsaturated/α-hetero) is 1. The summed E-state index contributed by atoms with van der Waals surface area (Å²) in [5, 5.41) is 10.4. The number of carbonyl (C=O) groups is 1. The lowest BCUT2D eigenvalue weighted by molar-refractivity contribution is 0.102. The number of allylic oxidation sites excluding steroid dienone is 1. The van der Waals surface area contributed by atoms with Gasteiger partial charge in [0, 0.05) is 34.1 Å². The van der Waals surface area contributed by atoms with E-state index in [1.165, 1.54) is 22.2 Å². The maximum absolute atomic E-state index is 12.8. The molecule has 2 aromatic heterocycles. The molecule has 152 valence electrons. The predicted molar refractivity (Wildman–Crippen MR) is 124 cm³/mol. The van der Waals surface area contributed by atoms with Gasteiger partial charge in [0.1, 0.15) is 5.82 Å². The Bertz CT molecular complexity index is 1180. The monoisotopic (exact) mass is 434 g/mol. The highest BCUT2D eigenvalue weighted by Crippen LogP contribution is 2.26. The molecule has 4 rings (SSSR count). The number of H-pyrrole nitrogens is 1. The fourth-order valence-electron chi connectivity index (χ4n) is 3.14. The molecule has 0 aliphatic rings. The molecule has 1 N–H and O–H groups in total. The van der Waals surface area contributed by atoms with E-state index in [1.807, 2.05) is 34.9 Å². The lowest BCUT2D eigenvalue weighted by Crippen LogP contribution is -2.06. The molecule has 4 aromatic rings. The third-order valence-corrected chi connectivity index (χ3v) is 6.69. The molecule has 0 aliphatic heterocycles. The zero-order valence-electron chi connectivity index (χ0n) is 16.7. The van der Waals surface area contributed by atoms with Crippen LogP contribution >= 0.6 is 23.5 Å². The smallest absolute Gasteiger partial charge is 0.191 e. The molecule has 30 heavy (non-hydrogen) atoms. The summed E-state index contributed by atoms with van der Waals surface area (Å²) in [5.74, 6) is 1.96. The van der Waals surface area contributed by atoms with E-state index in [0.717, 1.165) is 21.9 Å². The molecule has 0 fully saturated rings. The summed E-state index contributed by atoms with van der Waals surface area (Å²) in [6, 6.07) is 16.3. The number of nitrogens with one attached hydrogen (secondary N) is 1. The number of thioether (sulfide) groups is 2. The first kappa shape index (κ1) is 20.5. The zero-order valence-corrected chi connectivity index (χ0v) is 18.3. The van der Waals surface area contributed by atoms with Crippen molar-refractivity contribution in [2.75, 3.05) is 5.75 Å². The minimum Gasteiger partial charge on any atom is -0.360 e. The minimum absolute atomic E-state index is 0.0705. The number of para-hydroxylation sites is 1. The van der Waals surface area contributed by atoms with Gasteiger partial charge < -0.3 is 9.55 Å². The maximum Gasteiger partial charge on any atom is 0.191 e. The topological polar surface area (TPSA) is 63.6 Å². The van der Waals surface area contributed by atoms with Gasteiger partial charge in [-0.2, -0.15) is 0 Å². The average Bonchev–Trinajstić information content (AvgIpc) is 3.36. The Morgan fingerprint density at radius 1 is 1.13 bits per heavy atom. The van der Waals surface area contributed by atoms with Gasteiger partial charge >= 0.3 is 0 Å². The molecule has 0 spiro atoms. The van der Waals surface area contributed by atoms with Crippen LogP contribution in [0.3, 0.4) is 0 Å². The van der Waals surface area contributed by atoms with E-state index < -0.39 is 0 Å². The molecule has 0 amide bonds. The van der Waals surface area contributed by atoms with Crippen molar-refractivity contribution in [2.45, 2.75) is 29.3 Å². The van der Waals surface area contributed by atoms with Gasteiger partial charge in [0.05, 0.1) is 11.5 Å². The molecular formula is C23H22N4OS2. The van der Waals surface area contributed by atoms with E-state index >= 15 is 0 Å². The van der Waals surface area contributed by atoms with Gasteiger partial charge in [-0.15, -0.1) is 28.5 Å². The van der Waals surface area contributed by atoms with Gasteiger partial charge in [-0.25, -0.2) is 0 Å². The van der Waals surface area contributed by atoms with E-state index in [1.54, 1.807) is 18.0 Å². The van der Waals surface area contributed by atoms with Crippen molar-refractivity contribution in [3.05, 3.63) is 84.3 Å². The first-order valence-electron chi connectivity index (χ1n) is 9.60. The van der Waals surface area contributed by atoms with Gasteiger partial charge in [0.25, 0.3) is 0 Å². The minimum atomic E-state index is 0.0705. The second kappa shape index (κ2) is 9.36. The number of aromatic nitrogens is 4. The van der Waals surface area contributed by atoms with Crippen molar-refractivity contribution < 1.29 is 4.79 Å². The van der Waals surface area contributed by atoms with Crippen LogP contribution in [0.4, 0.5) is 0 Å². The van der Waals surface area contributed by atoms with Gasteiger partial charge in [-0.3, -0.25) is 4.79 Å². The Kier molecular flexibility index (Phi) is 6.40. The SMILES string of the molecule is C=CCn1c(CSc2ccc(C)cc2)nnc1SCC(=O)c1c[nH]c2ccccc12. The van der Waals surface area contributed by atoms with Crippen LogP contribution in [0.1, 0.15) is 21.7 Å². The molecule has 0 atom stereocenters. The lowest BCUT2D eigenvalue weighted by atomic mass is 10.1. The second-order valence-electron chi connectivity index (χ2n) is 6.86. The predicted octanol–water partition coefficient (Wildman–Crippen LogP) is 5.52. The zero-order chi connectivity index (χ0) is 20.9. The van der Waals surface area contributed by atoms with Crippen LogP contribution in [-0.4, -0.2) is 31.3 Å². The van der Waals surface area contributed by atoms with Crippen LogP contribution in [0.5, 0.6) is 0 Å². The van der Waals surface area contributed by atoms with E-state index in [2.05, 4.69) is 52.9 Å². The molecule has 5 nitrogen and oxygen atoms in total. The van der Waals surface area contributed by atoms with E-state index in [4.69, 9.17) is 0 Å². The highest BCUT2D eigenvalue weighted by molar-refractivity contribution is 7.99. The van der Waals surface area contributed by atoms with Crippen LogP contribution in [0.2, 0.25) is 0 Å². The number of hydrogen-bond donors (Lipinski definition) is 1. The molecule has 0 bridgehead atoms. The standard InChI is InChI=1S/C23H22N4OS2/c1-3-12-27-22(15-29-17-10-8-16(2)9-11-17)25-26-23(27)30-14-21(28)19-13-24-20-7-5-4-6-18(19)20/h3-11,13,24H,1,12,14-15H2,2H3. The molecule has 2 heterocycles. The molecule has 0 saturated heterocycles. The summed E-state index contributed by atoms with van der Waals surface area (Å²) in [5.41, 5.74) is 2.92. The molecule has 7 heteroatoms. The largest absolute Gasteiger partial charge is 0.360 e. The normalized spacial score (nSPS) is 11.1. The number of carbonyl (C=O) groups excluding carboxylic acids is 1. The van der Waals surface area contributed by atoms with Crippen molar-refractivity contribution in [3.63, 3.8) is 0 Å². The Morgan fingerprint density at radius 2 is 1.93 bits per heavy atom. The number of rotatable bonds is 9. The molecule has 0 aliphatic carbocycles. The summed E-state index contributed by atoms with van der Waals surface area (Å²) < 4.78 is 2.03. The Morgan fingerprint density at radius 3 is 2.73 bits per heavy atom. The van der Waals surface area contributed by atoms with Crippen LogP contribution in [0.15, 0.2) is 77.4 Å². The molecule has 0 unspecified atom stereocenters. The van der Waals surface area contributed by atoms with Gasteiger partial charge in [-0.1, -0.05) is 53.7 Å². The summed E-state index contributed by atoms with van der Waals surface area (Å²) in [6.07, 6.45) is 3.61. The summed E-state index contributed by atoms with van der Waals surface area (Å²) in [4.78, 5) is 17.1. The quantitative estimate of drug-likeness (QED) is 0.213. The number of aromatic amines is 1. The van der Waals surface area contributed by atoms with Crippen LogP contribution in [-0.2, 0) is 12.3 Å². The van der Waals surface area contributed by atoms with Crippen molar-refractivity contribution >= 4 is 40.2 Å². The average molecular weight is 435 g/mol. The summed E-state index contributed by atoms with van der Waals surface area (Å²) >= 11 is 3.14. The number of benzene rings is 2. The van der Waals surface area contributed by atoms with Gasteiger partial charge in [0.2, 0.25) is 0 Å². The van der Waals surface area contributed by atoms with Gasteiger partial charge in [-0.05, 0) is 25.1 Å². The van der Waals surface area contributed by atoms with Gasteiger partial charge in [0.15, 0.2) is 10.9 Å². The first-order valence-corrected chi connectivity index (χ1v) is 11.6. The van der Waals surface area contributed by atoms with Crippen molar-refractivity contribution in [2.24, 2.45) is 0 Å². The fourth-order valence-corrected chi connectivity index (χ4v) is 4.83. The second-order valence-corrected chi connectivity index (χ2v) is 8.85. The number of aryl methyl sites for hydroxylation is 1. The maximum atomic E-state index is 12.8. The molecule has 2 aromatic carbocycles. The highest BCUT2D eigenvalue weighted by Gasteiger charge is 2.16. The third kappa shape index (κ3) is 4.52. The highest BCUT2D eigenvalue weighted by atomic mass is 32.2. The van der Waals surface area contributed by atoms with Crippen molar-refractivity contribution in [3.8, 4) is 0 Å².